The van der Waals surface area contributed by atoms with Crippen LogP contribution in [0.2, 0.25) is 0 Å². The van der Waals surface area contributed by atoms with E-state index in [2.05, 4.69) is 39.2 Å². The summed E-state index contributed by atoms with van der Waals surface area (Å²) in [6.07, 6.45) is 6.19. The molecule has 0 radical (unpaired) electrons. The Kier molecular flexibility index (Phi) is 10.5. The fourth-order valence-corrected chi connectivity index (χ4v) is 5.87. The number of rotatable bonds is 13. The van der Waals surface area contributed by atoms with E-state index in [4.69, 9.17) is 18.7 Å². The first-order valence-corrected chi connectivity index (χ1v) is 14.7. The topological polar surface area (TPSA) is 80.4 Å². The number of hydrogen-bond acceptors (Lipinski definition) is 8. The van der Waals surface area contributed by atoms with Gasteiger partial charge in [-0.25, -0.2) is 0 Å². The smallest absolute Gasteiger partial charge is 0.174 e. The molecule has 8 nitrogen and oxygen atoms in total. The summed E-state index contributed by atoms with van der Waals surface area (Å²) in [4.78, 5) is 4.89. The number of aliphatic hydroxyl groups is 1. The molecule has 1 N–H and O–H groups in total. The lowest BCUT2D eigenvalue weighted by Crippen LogP contribution is -2.48. The molecule has 2 heterocycles. The maximum Gasteiger partial charge on any atom is 0.174 e. The molecule has 3 aromatic rings. The monoisotopic (exact) mass is 549 g/mol. The molecule has 0 spiro atoms. The molecule has 0 bridgehead atoms. The molecule has 1 aromatic heterocycles. The van der Waals surface area contributed by atoms with Crippen LogP contribution < -0.4 is 9.47 Å². The van der Waals surface area contributed by atoms with Crippen molar-refractivity contribution in [2.24, 2.45) is 0 Å². The highest BCUT2D eigenvalue weighted by Gasteiger charge is 2.23. The standard InChI is InChI=1S/C32H43N3O5/c1-37-22-27-19-29(40-33-27)24-39-32-14-8-7-13-31(32)38-23-28(36)21-35-17-15-34(16-18-35)20-26-11-5-6-12-30(26)25-9-3-2-4-10-25/h5-8,11-14,19,25,28,36H,2-4,9-10,15-18,20-24H2,1H3. The van der Waals surface area contributed by atoms with E-state index in [1.807, 2.05) is 30.3 Å². The normalized spacial score (nSPS) is 18.1. The second kappa shape index (κ2) is 14.6. The van der Waals surface area contributed by atoms with Gasteiger partial charge in [0.05, 0.1) is 6.61 Å². The Hall–Kier alpha value is -2.91. The van der Waals surface area contributed by atoms with Crippen molar-refractivity contribution in [3.8, 4) is 11.5 Å². The highest BCUT2D eigenvalue weighted by Crippen LogP contribution is 2.35. The van der Waals surface area contributed by atoms with Crippen molar-refractivity contribution in [1.29, 1.82) is 0 Å². The summed E-state index contributed by atoms with van der Waals surface area (Å²) in [6.45, 7) is 6.36. The molecule has 1 aliphatic heterocycles. The quantitative estimate of drug-likeness (QED) is 0.319. The average Bonchev–Trinajstić information content (AvgIpc) is 3.45. The Morgan fingerprint density at radius 3 is 2.38 bits per heavy atom. The zero-order valence-corrected chi connectivity index (χ0v) is 23.7. The van der Waals surface area contributed by atoms with Crippen molar-refractivity contribution in [2.75, 3.05) is 46.4 Å². The number of aromatic nitrogens is 1. The van der Waals surface area contributed by atoms with Gasteiger partial charge in [0.15, 0.2) is 17.3 Å². The third-order valence-electron chi connectivity index (χ3n) is 7.98. The third-order valence-corrected chi connectivity index (χ3v) is 7.98. The summed E-state index contributed by atoms with van der Waals surface area (Å²) in [5, 5.41) is 14.7. The van der Waals surface area contributed by atoms with Gasteiger partial charge in [-0.15, -0.1) is 0 Å². The molecule has 5 rings (SSSR count). The van der Waals surface area contributed by atoms with Crippen LogP contribution in [0.25, 0.3) is 0 Å². The summed E-state index contributed by atoms with van der Waals surface area (Å²) < 4.78 is 22.2. The molecule has 0 amide bonds. The number of hydrogen-bond donors (Lipinski definition) is 1. The van der Waals surface area contributed by atoms with Crippen molar-refractivity contribution < 1.29 is 23.8 Å². The Labute approximate surface area is 237 Å². The van der Waals surface area contributed by atoms with Gasteiger partial charge in [-0.05, 0) is 42.0 Å². The van der Waals surface area contributed by atoms with Crippen LogP contribution in [0.1, 0.15) is 60.6 Å². The largest absolute Gasteiger partial charge is 0.487 e. The van der Waals surface area contributed by atoms with Crippen LogP contribution in [0.3, 0.4) is 0 Å². The molecule has 1 aliphatic carbocycles. The Bertz CT molecular complexity index is 1170. The first kappa shape index (κ1) is 28.6. The van der Waals surface area contributed by atoms with Crippen molar-refractivity contribution >= 4 is 0 Å². The van der Waals surface area contributed by atoms with Crippen LogP contribution in [0.5, 0.6) is 11.5 Å². The van der Waals surface area contributed by atoms with Gasteiger partial charge in [-0.3, -0.25) is 9.80 Å². The fourth-order valence-electron chi connectivity index (χ4n) is 5.87. The molecule has 2 aliphatic rings. The highest BCUT2D eigenvalue weighted by atomic mass is 16.5. The number of β-amino-alcohol motifs (C(OH)–C–C–N with tert-alkyl or cyclic N) is 1. The van der Waals surface area contributed by atoms with E-state index in [1.165, 1.54) is 37.7 Å². The first-order valence-electron chi connectivity index (χ1n) is 14.7. The maximum atomic E-state index is 10.7. The molecule has 1 unspecified atom stereocenters. The lowest BCUT2D eigenvalue weighted by molar-refractivity contribution is 0.0436. The second-order valence-electron chi connectivity index (χ2n) is 11.0. The minimum absolute atomic E-state index is 0.204. The molecule has 1 saturated carbocycles. The number of para-hydroxylation sites is 2. The van der Waals surface area contributed by atoms with E-state index >= 15 is 0 Å². The summed E-state index contributed by atoms with van der Waals surface area (Å²) in [5.41, 5.74) is 3.79. The number of piperazine rings is 1. The van der Waals surface area contributed by atoms with Crippen molar-refractivity contribution in [3.05, 3.63) is 77.2 Å². The molecule has 2 fully saturated rings. The van der Waals surface area contributed by atoms with Crippen LogP contribution in [0, 0.1) is 0 Å². The van der Waals surface area contributed by atoms with Crippen LogP contribution in [0.15, 0.2) is 59.1 Å². The minimum Gasteiger partial charge on any atom is -0.487 e. The lowest BCUT2D eigenvalue weighted by atomic mass is 9.82. The Morgan fingerprint density at radius 1 is 0.900 bits per heavy atom. The van der Waals surface area contributed by atoms with Gasteiger partial charge in [0.25, 0.3) is 0 Å². The molecule has 1 saturated heterocycles. The van der Waals surface area contributed by atoms with Crippen LogP contribution in [-0.2, 0) is 24.5 Å². The highest BCUT2D eigenvalue weighted by molar-refractivity contribution is 5.39. The lowest BCUT2D eigenvalue weighted by Gasteiger charge is -2.36. The molecular formula is C32H43N3O5. The number of methoxy groups -OCH3 is 1. The molecule has 8 heteroatoms. The maximum absolute atomic E-state index is 10.7. The van der Waals surface area contributed by atoms with Gasteiger partial charge in [-0.2, -0.15) is 0 Å². The average molecular weight is 550 g/mol. The first-order chi connectivity index (χ1) is 19.7. The van der Waals surface area contributed by atoms with E-state index in [-0.39, 0.29) is 13.2 Å². The minimum atomic E-state index is -0.586. The predicted molar refractivity (Wildman–Crippen MR) is 153 cm³/mol. The number of benzene rings is 2. The third kappa shape index (κ3) is 8.07. The second-order valence-corrected chi connectivity index (χ2v) is 11.0. The van der Waals surface area contributed by atoms with E-state index in [0.29, 0.717) is 30.4 Å². The Morgan fingerprint density at radius 2 is 1.60 bits per heavy atom. The molecule has 216 valence electrons. The molecule has 1 atom stereocenters. The van der Waals surface area contributed by atoms with Crippen molar-refractivity contribution in [1.82, 2.24) is 15.0 Å². The SMILES string of the molecule is COCc1cc(COc2ccccc2OCC(O)CN2CCN(Cc3ccccc3C3CCCCC3)CC2)on1. The molecule has 40 heavy (non-hydrogen) atoms. The summed E-state index contributed by atoms with van der Waals surface area (Å²) in [5.74, 6) is 2.53. The summed E-state index contributed by atoms with van der Waals surface area (Å²) in [7, 11) is 1.62. The zero-order valence-electron chi connectivity index (χ0n) is 23.7. The van der Waals surface area contributed by atoms with E-state index in [9.17, 15) is 5.11 Å². The van der Waals surface area contributed by atoms with Gasteiger partial charge in [-0.1, -0.05) is 60.8 Å². The number of aliphatic hydroxyl groups excluding tert-OH is 1. The number of nitrogens with zero attached hydrogens (tertiary/aromatic N) is 3. The van der Waals surface area contributed by atoms with Gasteiger partial charge >= 0.3 is 0 Å². The fraction of sp³-hybridized carbons (Fsp3) is 0.531. The Balaban J connectivity index is 1.05. The number of ether oxygens (including phenoxy) is 3. The summed E-state index contributed by atoms with van der Waals surface area (Å²) in [6, 6.07) is 18.4. The van der Waals surface area contributed by atoms with Crippen LogP contribution in [-0.4, -0.2) is 72.6 Å². The zero-order chi connectivity index (χ0) is 27.6. The van der Waals surface area contributed by atoms with Crippen molar-refractivity contribution in [2.45, 2.75) is 63.9 Å². The molecular weight excluding hydrogens is 506 g/mol. The van der Waals surface area contributed by atoms with E-state index in [0.717, 1.165) is 44.3 Å². The van der Waals surface area contributed by atoms with E-state index in [1.54, 1.807) is 12.7 Å². The summed E-state index contributed by atoms with van der Waals surface area (Å²) >= 11 is 0. The van der Waals surface area contributed by atoms with Gasteiger partial charge in [0, 0.05) is 52.4 Å². The molecule has 2 aromatic carbocycles. The van der Waals surface area contributed by atoms with Gasteiger partial charge in [0.2, 0.25) is 0 Å². The van der Waals surface area contributed by atoms with Crippen molar-refractivity contribution in [3.63, 3.8) is 0 Å². The van der Waals surface area contributed by atoms with Crippen LogP contribution in [0.4, 0.5) is 0 Å². The predicted octanol–water partition coefficient (Wildman–Crippen LogP) is 5.01. The van der Waals surface area contributed by atoms with Gasteiger partial charge < -0.3 is 23.8 Å². The van der Waals surface area contributed by atoms with Gasteiger partial charge in [0.1, 0.15) is 25.0 Å². The van der Waals surface area contributed by atoms with E-state index < -0.39 is 6.10 Å². The van der Waals surface area contributed by atoms with Crippen LogP contribution >= 0.6 is 0 Å².